The van der Waals surface area contributed by atoms with E-state index in [0.717, 1.165) is 0 Å². The van der Waals surface area contributed by atoms with Crippen molar-refractivity contribution in [2.24, 2.45) is 0 Å². The maximum absolute atomic E-state index is 13.5. The first kappa shape index (κ1) is 22.8. The fraction of sp³-hybridized carbons (Fsp3) is 0.476. The highest BCUT2D eigenvalue weighted by molar-refractivity contribution is 7.12. The van der Waals surface area contributed by atoms with Gasteiger partial charge in [-0.1, -0.05) is 6.07 Å². The molecule has 0 saturated heterocycles. The van der Waals surface area contributed by atoms with Gasteiger partial charge in [0.05, 0.1) is 24.6 Å². The van der Waals surface area contributed by atoms with E-state index in [1.165, 1.54) is 23.3 Å². The van der Waals surface area contributed by atoms with E-state index in [9.17, 15) is 14.4 Å². The molecule has 0 saturated carbocycles. The first-order chi connectivity index (χ1) is 13.8. The van der Waals surface area contributed by atoms with Crippen molar-refractivity contribution in [3.8, 4) is 0 Å². The summed E-state index contributed by atoms with van der Waals surface area (Å²) in [7, 11) is 2.87. The van der Waals surface area contributed by atoms with E-state index in [4.69, 9.17) is 9.47 Å². The minimum atomic E-state index is -0.713. The standard InChI is InChI=1S/C21H28N2O5S/c1-7-22-14(3)17(13(2)18(22)21(26)28-6)19(24)15(4)23(10-11-27-5)20(25)16-9-8-12-29-16/h8-9,12,15H,7,10-11H2,1-6H3. The molecule has 2 heterocycles. The summed E-state index contributed by atoms with van der Waals surface area (Å²) < 4.78 is 11.8. The Morgan fingerprint density at radius 1 is 1.24 bits per heavy atom. The molecule has 0 bridgehead atoms. The van der Waals surface area contributed by atoms with E-state index >= 15 is 0 Å². The maximum atomic E-state index is 13.5. The number of methoxy groups -OCH3 is 2. The van der Waals surface area contributed by atoms with Crippen molar-refractivity contribution in [3.63, 3.8) is 0 Å². The van der Waals surface area contributed by atoms with Crippen LogP contribution in [0.5, 0.6) is 0 Å². The van der Waals surface area contributed by atoms with Crippen molar-refractivity contribution in [1.29, 1.82) is 0 Å². The SMILES string of the molecule is CCn1c(C)c(C(=O)C(C)N(CCOC)C(=O)c2cccs2)c(C)c1C(=O)OC. The number of esters is 1. The molecule has 7 nitrogen and oxygen atoms in total. The van der Waals surface area contributed by atoms with Crippen LogP contribution in [-0.2, 0) is 16.0 Å². The van der Waals surface area contributed by atoms with Crippen LogP contribution in [0, 0.1) is 13.8 Å². The van der Waals surface area contributed by atoms with E-state index in [1.54, 1.807) is 37.7 Å². The number of hydrogen-bond acceptors (Lipinski definition) is 6. The average molecular weight is 421 g/mol. The summed E-state index contributed by atoms with van der Waals surface area (Å²) in [4.78, 5) is 40.8. The molecule has 0 aromatic carbocycles. The molecule has 29 heavy (non-hydrogen) atoms. The molecule has 2 aromatic rings. The molecule has 1 unspecified atom stereocenters. The van der Waals surface area contributed by atoms with E-state index in [0.29, 0.717) is 40.5 Å². The predicted molar refractivity (Wildman–Crippen MR) is 112 cm³/mol. The Balaban J connectivity index is 2.46. The Labute approximate surface area is 175 Å². The summed E-state index contributed by atoms with van der Waals surface area (Å²) in [5, 5.41) is 1.83. The molecule has 1 amide bonds. The molecular weight excluding hydrogens is 392 g/mol. The Morgan fingerprint density at radius 3 is 2.45 bits per heavy atom. The lowest BCUT2D eigenvalue weighted by atomic mass is 9.99. The quantitative estimate of drug-likeness (QED) is 0.459. The zero-order valence-electron chi connectivity index (χ0n) is 17.8. The monoisotopic (exact) mass is 420 g/mol. The number of aromatic nitrogens is 1. The third kappa shape index (κ3) is 4.43. The number of ketones is 1. The molecule has 1 atom stereocenters. The Bertz CT molecular complexity index is 886. The van der Waals surface area contributed by atoms with Gasteiger partial charge >= 0.3 is 5.97 Å². The van der Waals surface area contributed by atoms with E-state index in [-0.39, 0.29) is 18.2 Å². The van der Waals surface area contributed by atoms with E-state index in [1.807, 2.05) is 19.2 Å². The number of hydrogen-bond donors (Lipinski definition) is 0. The zero-order chi connectivity index (χ0) is 21.7. The number of amides is 1. The molecule has 0 radical (unpaired) electrons. The third-order valence-electron chi connectivity index (χ3n) is 5.08. The average Bonchev–Trinajstić information content (AvgIpc) is 3.33. The normalized spacial score (nSPS) is 11.9. The number of rotatable bonds is 9. The second-order valence-corrected chi connectivity index (χ2v) is 7.63. The van der Waals surface area contributed by atoms with Crippen LogP contribution < -0.4 is 0 Å². The highest BCUT2D eigenvalue weighted by atomic mass is 32.1. The lowest BCUT2D eigenvalue weighted by Gasteiger charge is -2.28. The lowest BCUT2D eigenvalue weighted by Crippen LogP contribution is -2.45. The van der Waals surface area contributed by atoms with Crippen molar-refractivity contribution in [3.05, 3.63) is 44.9 Å². The summed E-state index contributed by atoms with van der Waals surface area (Å²) in [6.07, 6.45) is 0. The van der Waals surface area contributed by atoms with Gasteiger partial charge in [0.1, 0.15) is 5.69 Å². The summed E-state index contributed by atoms with van der Waals surface area (Å²) in [6.45, 7) is 8.30. The number of ether oxygens (including phenoxy) is 2. The number of nitrogens with zero attached hydrogens (tertiary/aromatic N) is 2. The smallest absolute Gasteiger partial charge is 0.354 e. The summed E-state index contributed by atoms with van der Waals surface area (Å²) in [5.74, 6) is -0.903. The Hall–Kier alpha value is -2.45. The zero-order valence-corrected chi connectivity index (χ0v) is 18.6. The van der Waals surface area contributed by atoms with Crippen LogP contribution in [0.1, 0.15) is 55.6 Å². The van der Waals surface area contributed by atoms with Crippen molar-refractivity contribution < 1.29 is 23.9 Å². The number of thiophene rings is 1. The van der Waals surface area contributed by atoms with Gasteiger partial charge in [-0.25, -0.2) is 4.79 Å². The highest BCUT2D eigenvalue weighted by Gasteiger charge is 2.33. The van der Waals surface area contributed by atoms with E-state index in [2.05, 4.69) is 0 Å². The van der Waals surface area contributed by atoms with Crippen molar-refractivity contribution in [2.75, 3.05) is 27.4 Å². The summed E-state index contributed by atoms with van der Waals surface area (Å²) in [6, 6.07) is 2.83. The topological polar surface area (TPSA) is 77.8 Å². The predicted octanol–water partition coefficient (Wildman–Crippen LogP) is 3.33. The Kier molecular flexibility index (Phi) is 7.75. The summed E-state index contributed by atoms with van der Waals surface area (Å²) in [5.41, 5.74) is 2.10. The minimum absolute atomic E-state index is 0.210. The number of carbonyl (C=O) groups is 3. The van der Waals surface area contributed by atoms with Crippen LogP contribution in [0.4, 0.5) is 0 Å². The molecule has 0 aliphatic carbocycles. The van der Waals surface area contributed by atoms with Crippen molar-refractivity contribution in [1.82, 2.24) is 9.47 Å². The van der Waals surface area contributed by atoms with Crippen LogP contribution in [-0.4, -0.2) is 60.5 Å². The van der Waals surface area contributed by atoms with Gasteiger partial charge in [0, 0.05) is 31.5 Å². The van der Waals surface area contributed by atoms with Crippen molar-refractivity contribution in [2.45, 2.75) is 40.3 Å². The van der Waals surface area contributed by atoms with Gasteiger partial charge in [-0.3, -0.25) is 9.59 Å². The fourth-order valence-corrected chi connectivity index (χ4v) is 4.25. The van der Waals surface area contributed by atoms with Gasteiger partial charge in [-0.15, -0.1) is 11.3 Å². The number of Topliss-reactive ketones (excluding diaryl/α,β-unsaturated/α-hetero) is 1. The van der Waals surface area contributed by atoms with Crippen molar-refractivity contribution >= 4 is 29.0 Å². The second kappa shape index (κ2) is 9.84. The lowest BCUT2D eigenvalue weighted by molar-refractivity contribution is 0.0566. The second-order valence-electron chi connectivity index (χ2n) is 6.68. The van der Waals surface area contributed by atoms with Crippen LogP contribution in [0.3, 0.4) is 0 Å². The van der Waals surface area contributed by atoms with Gasteiger partial charge in [0.15, 0.2) is 5.78 Å². The minimum Gasteiger partial charge on any atom is -0.464 e. The van der Waals surface area contributed by atoms with Gasteiger partial charge in [0.25, 0.3) is 5.91 Å². The highest BCUT2D eigenvalue weighted by Crippen LogP contribution is 2.26. The molecule has 0 aliphatic heterocycles. The molecule has 0 aliphatic rings. The van der Waals surface area contributed by atoms with Gasteiger partial charge in [-0.05, 0) is 44.7 Å². The van der Waals surface area contributed by atoms with Crippen LogP contribution >= 0.6 is 11.3 Å². The molecule has 0 fully saturated rings. The molecule has 0 N–H and O–H groups in total. The molecule has 2 rings (SSSR count). The molecular formula is C21H28N2O5S. The summed E-state index contributed by atoms with van der Waals surface area (Å²) >= 11 is 1.33. The maximum Gasteiger partial charge on any atom is 0.354 e. The van der Waals surface area contributed by atoms with Crippen LogP contribution in [0.2, 0.25) is 0 Å². The fourth-order valence-electron chi connectivity index (χ4n) is 3.57. The van der Waals surface area contributed by atoms with Crippen LogP contribution in [0.25, 0.3) is 0 Å². The largest absolute Gasteiger partial charge is 0.464 e. The van der Waals surface area contributed by atoms with Gasteiger partial charge < -0.3 is 18.9 Å². The third-order valence-corrected chi connectivity index (χ3v) is 5.94. The molecule has 158 valence electrons. The first-order valence-electron chi connectivity index (χ1n) is 9.45. The van der Waals surface area contributed by atoms with Gasteiger partial charge in [-0.2, -0.15) is 0 Å². The van der Waals surface area contributed by atoms with E-state index < -0.39 is 12.0 Å². The number of carbonyl (C=O) groups excluding carboxylic acids is 3. The Morgan fingerprint density at radius 2 is 1.93 bits per heavy atom. The van der Waals surface area contributed by atoms with Gasteiger partial charge in [0.2, 0.25) is 0 Å². The molecule has 8 heteroatoms. The molecule has 2 aromatic heterocycles. The first-order valence-corrected chi connectivity index (χ1v) is 10.3. The van der Waals surface area contributed by atoms with Crippen LogP contribution in [0.15, 0.2) is 17.5 Å². The molecule has 0 spiro atoms.